The van der Waals surface area contributed by atoms with E-state index in [1.165, 1.54) is 61.3 Å². The van der Waals surface area contributed by atoms with Gasteiger partial charge >= 0.3 is 6.18 Å². The second kappa shape index (κ2) is 8.68. The molecule has 1 N–H and O–H groups in total. The third kappa shape index (κ3) is 4.62. The normalized spacial score (nSPS) is 29.8. The van der Waals surface area contributed by atoms with E-state index in [0.717, 1.165) is 47.8 Å². The van der Waals surface area contributed by atoms with Crippen LogP contribution in [0.25, 0.3) is 0 Å². The van der Waals surface area contributed by atoms with E-state index in [0.29, 0.717) is 29.6 Å². The lowest BCUT2D eigenvalue weighted by Crippen LogP contribution is -2.49. The van der Waals surface area contributed by atoms with Gasteiger partial charge in [-0.1, -0.05) is 12.1 Å². The summed E-state index contributed by atoms with van der Waals surface area (Å²) in [7, 11) is -3.71. The number of nitrogens with zero attached hydrogens (tertiary/aromatic N) is 3. The van der Waals surface area contributed by atoms with Crippen LogP contribution in [0.3, 0.4) is 0 Å². The third-order valence-corrected chi connectivity index (χ3v) is 10.6. The molecule has 10 heteroatoms. The molecule has 4 bridgehead atoms. The van der Waals surface area contributed by atoms with Crippen LogP contribution in [-0.2, 0) is 34.9 Å². The minimum Gasteiger partial charge on any atom is -0.369 e. The smallest absolute Gasteiger partial charge is 0.369 e. The number of anilines is 1. The van der Waals surface area contributed by atoms with E-state index in [-0.39, 0.29) is 12.3 Å². The molecule has 1 aromatic heterocycles. The largest absolute Gasteiger partial charge is 0.416 e. The molecule has 0 amide bonds. The summed E-state index contributed by atoms with van der Waals surface area (Å²) in [5, 5.41) is 3.63. The average Bonchev–Trinajstić information content (AvgIpc) is 2.81. The van der Waals surface area contributed by atoms with Crippen LogP contribution in [0.2, 0.25) is 0 Å². The fraction of sp³-hybridized carbons (Fsp3) is 0.615. The number of hydrogen-bond donors (Lipinski definition) is 1. The van der Waals surface area contributed by atoms with Crippen LogP contribution in [0.4, 0.5) is 19.0 Å². The van der Waals surface area contributed by atoms with E-state index in [9.17, 15) is 21.6 Å². The Morgan fingerprint density at radius 3 is 2.25 bits per heavy atom. The number of halogens is 3. The lowest BCUT2D eigenvalue weighted by molar-refractivity contribution is -0.137. The van der Waals surface area contributed by atoms with Gasteiger partial charge in [0.25, 0.3) is 0 Å². The van der Waals surface area contributed by atoms with Crippen LogP contribution in [-0.4, -0.2) is 35.8 Å². The second-order valence-corrected chi connectivity index (χ2v) is 13.4. The van der Waals surface area contributed by atoms with Crippen LogP contribution < -0.4 is 5.32 Å². The first-order valence-corrected chi connectivity index (χ1v) is 14.4. The first kappa shape index (κ1) is 24.2. The molecule has 0 saturated heterocycles. The van der Waals surface area contributed by atoms with Crippen molar-refractivity contribution in [1.29, 1.82) is 0 Å². The maximum Gasteiger partial charge on any atom is 0.416 e. The molecule has 4 fully saturated rings. The molecule has 0 spiro atoms. The fourth-order valence-electron chi connectivity index (χ4n) is 7.59. The Morgan fingerprint density at radius 1 is 1.00 bits per heavy atom. The minimum atomic E-state index is -4.45. The average molecular weight is 521 g/mol. The number of nitrogens with one attached hydrogen (secondary N) is 1. The highest BCUT2D eigenvalue weighted by Crippen LogP contribution is 2.60. The number of rotatable bonds is 6. The number of alkyl halides is 3. The predicted octanol–water partition coefficient (Wildman–Crippen LogP) is 5.01. The first-order valence-electron chi connectivity index (χ1n) is 12.8. The van der Waals surface area contributed by atoms with E-state index in [2.05, 4.69) is 15.3 Å². The van der Waals surface area contributed by atoms with E-state index in [1.54, 1.807) is 0 Å². The lowest BCUT2D eigenvalue weighted by Gasteiger charge is -2.57. The van der Waals surface area contributed by atoms with Crippen molar-refractivity contribution in [1.82, 2.24) is 14.3 Å². The van der Waals surface area contributed by atoms with Gasteiger partial charge in [0.15, 0.2) is 0 Å². The molecular weight excluding hydrogens is 489 g/mol. The summed E-state index contributed by atoms with van der Waals surface area (Å²) in [4.78, 5) is 8.89. The van der Waals surface area contributed by atoms with Crippen molar-refractivity contribution < 1.29 is 21.6 Å². The molecule has 2 heterocycles. The SMILES string of the molecule is O=S(=O)(Cc1ccc(C(F)(F)F)cc1)N1CCc2c(ncnc2NCC23CC4CC(CC(C4)C2)C3)C1. The zero-order chi connectivity index (χ0) is 25.1. The minimum absolute atomic E-state index is 0.146. The van der Waals surface area contributed by atoms with Crippen LogP contribution in [0.1, 0.15) is 60.9 Å². The van der Waals surface area contributed by atoms with E-state index >= 15 is 0 Å². The molecule has 0 radical (unpaired) electrons. The van der Waals surface area contributed by atoms with Crippen molar-refractivity contribution in [2.24, 2.45) is 23.2 Å². The zero-order valence-electron chi connectivity index (χ0n) is 20.1. The Morgan fingerprint density at radius 2 is 1.64 bits per heavy atom. The zero-order valence-corrected chi connectivity index (χ0v) is 20.9. The number of sulfonamides is 1. The standard InChI is InChI=1S/C26H31F3N4O2S/c27-26(28,29)21-3-1-17(2-4-21)14-36(34,35)33-6-5-22-23(13-33)31-16-32-24(22)30-15-25-10-18-7-19(11-25)9-20(8-18)12-25/h1-4,16,18-20H,5-15H2,(H,30,31,32). The Bertz CT molecular complexity index is 1210. The van der Waals surface area contributed by atoms with Crippen molar-refractivity contribution >= 4 is 15.8 Å². The maximum absolute atomic E-state index is 13.1. The van der Waals surface area contributed by atoms with Gasteiger partial charge in [-0.3, -0.25) is 0 Å². The summed E-state index contributed by atoms with van der Waals surface area (Å²) in [6.45, 7) is 1.36. The molecule has 5 aliphatic rings. The fourth-order valence-corrected chi connectivity index (χ4v) is 9.07. The van der Waals surface area contributed by atoms with Gasteiger partial charge in [-0.15, -0.1) is 0 Å². The van der Waals surface area contributed by atoms with E-state index < -0.39 is 21.8 Å². The topological polar surface area (TPSA) is 75.2 Å². The number of aromatic nitrogens is 2. The predicted molar refractivity (Wildman–Crippen MR) is 129 cm³/mol. The van der Waals surface area contributed by atoms with Crippen molar-refractivity contribution in [2.75, 3.05) is 18.4 Å². The number of fused-ring (bicyclic) bond motifs is 1. The van der Waals surface area contributed by atoms with Crippen molar-refractivity contribution in [3.63, 3.8) is 0 Å². The Kier molecular flexibility index (Phi) is 5.83. The second-order valence-electron chi connectivity index (χ2n) is 11.5. The molecule has 6 nitrogen and oxygen atoms in total. The highest BCUT2D eigenvalue weighted by molar-refractivity contribution is 7.88. The molecule has 4 aliphatic carbocycles. The van der Waals surface area contributed by atoms with Gasteiger partial charge in [0.05, 0.1) is 23.6 Å². The molecular formula is C26H31F3N4O2S. The Balaban J connectivity index is 1.13. The van der Waals surface area contributed by atoms with Gasteiger partial charge in [0.2, 0.25) is 10.0 Å². The summed E-state index contributed by atoms with van der Waals surface area (Å²) < 4.78 is 66.0. The lowest BCUT2D eigenvalue weighted by atomic mass is 9.49. The molecule has 4 saturated carbocycles. The summed E-state index contributed by atoms with van der Waals surface area (Å²) in [5.74, 6) is 3.10. The van der Waals surface area contributed by atoms with Crippen LogP contribution in [0.5, 0.6) is 0 Å². The van der Waals surface area contributed by atoms with Crippen molar-refractivity contribution in [3.8, 4) is 0 Å². The van der Waals surface area contributed by atoms with Crippen molar-refractivity contribution in [2.45, 2.75) is 63.4 Å². The molecule has 1 aliphatic heterocycles. The third-order valence-electron chi connectivity index (χ3n) is 8.79. The van der Waals surface area contributed by atoms with E-state index in [1.807, 2.05) is 0 Å². The quantitative estimate of drug-likeness (QED) is 0.580. The molecule has 0 atom stereocenters. The highest BCUT2D eigenvalue weighted by atomic mass is 32.2. The van der Waals surface area contributed by atoms with Crippen LogP contribution >= 0.6 is 0 Å². The van der Waals surface area contributed by atoms with Crippen molar-refractivity contribution in [3.05, 3.63) is 53.0 Å². The Labute approximate surface area is 209 Å². The van der Waals surface area contributed by atoms with Gasteiger partial charge in [-0.25, -0.2) is 18.4 Å². The summed E-state index contributed by atoms with van der Waals surface area (Å²) in [6.07, 6.45) is 5.66. The molecule has 0 unspecified atom stereocenters. The number of hydrogen-bond acceptors (Lipinski definition) is 5. The van der Waals surface area contributed by atoms with Gasteiger partial charge in [-0.05, 0) is 85.8 Å². The van der Waals surface area contributed by atoms with Crippen LogP contribution in [0, 0.1) is 23.2 Å². The molecule has 2 aromatic rings. The molecule has 7 rings (SSSR count). The monoisotopic (exact) mass is 520 g/mol. The molecule has 194 valence electrons. The van der Waals surface area contributed by atoms with Crippen LogP contribution in [0.15, 0.2) is 30.6 Å². The van der Waals surface area contributed by atoms with Gasteiger partial charge in [0.1, 0.15) is 12.1 Å². The molecule has 1 aromatic carbocycles. The van der Waals surface area contributed by atoms with E-state index in [4.69, 9.17) is 0 Å². The highest BCUT2D eigenvalue weighted by Gasteiger charge is 2.50. The Hall–Kier alpha value is -2.20. The maximum atomic E-state index is 13.1. The van der Waals surface area contributed by atoms with Gasteiger partial charge < -0.3 is 5.32 Å². The van der Waals surface area contributed by atoms with Gasteiger partial charge in [-0.2, -0.15) is 17.5 Å². The summed E-state index contributed by atoms with van der Waals surface area (Å²) >= 11 is 0. The summed E-state index contributed by atoms with van der Waals surface area (Å²) in [5.41, 5.74) is 1.57. The summed E-state index contributed by atoms with van der Waals surface area (Å²) in [6, 6.07) is 4.30. The first-order chi connectivity index (χ1) is 17.1. The molecule has 36 heavy (non-hydrogen) atoms. The van der Waals surface area contributed by atoms with Gasteiger partial charge in [0, 0.05) is 18.7 Å². The number of benzene rings is 1.